The molecule has 138 valence electrons. The molecule has 1 amide bonds. The number of nitrogens with one attached hydrogen (secondary N) is 1. The molecular weight excluding hydrogens is 338 g/mol. The van der Waals surface area contributed by atoms with Crippen LogP contribution in [0.5, 0.6) is 5.75 Å². The number of aryl methyl sites for hydroxylation is 1. The van der Waals surface area contributed by atoms with E-state index >= 15 is 0 Å². The Bertz CT molecular complexity index is 986. The number of piperazine rings is 1. The molecule has 1 N–H and O–H groups in total. The second kappa shape index (κ2) is 7.37. The lowest BCUT2D eigenvalue weighted by Gasteiger charge is -2.37. The second-order valence-corrected chi connectivity index (χ2v) is 6.77. The number of pyridine rings is 1. The molecule has 2 aromatic carbocycles. The van der Waals surface area contributed by atoms with Crippen molar-refractivity contribution in [3.05, 3.63) is 71.4 Å². The number of hydrogen-bond donors (Lipinski definition) is 1. The van der Waals surface area contributed by atoms with Crippen LogP contribution in [0.2, 0.25) is 0 Å². The number of methoxy groups -OCH3 is 1. The van der Waals surface area contributed by atoms with Crippen molar-refractivity contribution in [3.8, 4) is 5.75 Å². The molecular formula is C22H23N3O2. The fourth-order valence-corrected chi connectivity index (χ4v) is 3.82. The molecule has 3 aromatic rings. The van der Waals surface area contributed by atoms with E-state index in [1.54, 1.807) is 13.3 Å². The Kier molecular flexibility index (Phi) is 4.77. The molecule has 1 fully saturated rings. The molecule has 0 bridgehead atoms. The van der Waals surface area contributed by atoms with Crippen LogP contribution in [0.1, 0.15) is 27.5 Å². The van der Waals surface area contributed by atoms with Crippen molar-refractivity contribution >= 4 is 16.8 Å². The average Bonchev–Trinajstić information content (AvgIpc) is 2.74. The van der Waals surface area contributed by atoms with E-state index in [4.69, 9.17) is 4.74 Å². The fourth-order valence-electron chi connectivity index (χ4n) is 3.82. The Morgan fingerprint density at radius 3 is 2.81 bits per heavy atom. The van der Waals surface area contributed by atoms with Crippen molar-refractivity contribution < 1.29 is 9.53 Å². The summed E-state index contributed by atoms with van der Waals surface area (Å²) in [4.78, 5) is 19.9. The quantitative estimate of drug-likeness (QED) is 0.777. The number of carbonyl (C=O) groups is 1. The zero-order chi connectivity index (χ0) is 18.8. The minimum atomic E-state index is -0.0757. The molecule has 0 spiro atoms. The number of ether oxygens (including phenoxy) is 1. The van der Waals surface area contributed by atoms with Crippen molar-refractivity contribution in [2.75, 3.05) is 26.7 Å². The van der Waals surface area contributed by atoms with Gasteiger partial charge < -0.3 is 15.0 Å². The first-order valence-corrected chi connectivity index (χ1v) is 9.19. The van der Waals surface area contributed by atoms with Gasteiger partial charge in [-0.2, -0.15) is 0 Å². The van der Waals surface area contributed by atoms with Crippen molar-refractivity contribution in [1.82, 2.24) is 15.2 Å². The van der Waals surface area contributed by atoms with Gasteiger partial charge in [0.25, 0.3) is 5.91 Å². The Morgan fingerprint density at radius 2 is 1.96 bits per heavy atom. The van der Waals surface area contributed by atoms with Gasteiger partial charge in [-0.05, 0) is 24.6 Å². The highest BCUT2D eigenvalue weighted by atomic mass is 16.5. The van der Waals surface area contributed by atoms with E-state index in [0.29, 0.717) is 18.7 Å². The molecule has 0 aliphatic carbocycles. The Hall–Kier alpha value is -2.92. The third kappa shape index (κ3) is 3.15. The standard InChI is InChI=1S/C22H23N3O2/c1-15-16-7-3-5-9-19(16)24-13-18(15)22(26)25-12-11-23-14-20(25)17-8-4-6-10-21(17)27-2/h3-10,13,20,23H,11-12,14H2,1-2H3. The maximum Gasteiger partial charge on any atom is 0.256 e. The lowest BCUT2D eigenvalue weighted by atomic mass is 9.99. The average molecular weight is 361 g/mol. The van der Waals surface area contributed by atoms with Gasteiger partial charge in [-0.3, -0.25) is 9.78 Å². The number of benzene rings is 2. The Balaban J connectivity index is 1.74. The van der Waals surface area contributed by atoms with Crippen LogP contribution in [-0.4, -0.2) is 42.5 Å². The van der Waals surface area contributed by atoms with Gasteiger partial charge in [-0.25, -0.2) is 0 Å². The van der Waals surface area contributed by atoms with Crippen LogP contribution in [0.25, 0.3) is 10.9 Å². The maximum atomic E-state index is 13.5. The van der Waals surface area contributed by atoms with E-state index in [2.05, 4.69) is 10.3 Å². The molecule has 0 radical (unpaired) electrons. The Morgan fingerprint density at radius 1 is 1.19 bits per heavy atom. The summed E-state index contributed by atoms with van der Waals surface area (Å²) in [7, 11) is 1.67. The molecule has 2 heterocycles. The number of rotatable bonds is 3. The van der Waals surface area contributed by atoms with Gasteiger partial charge in [0.2, 0.25) is 0 Å². The summed E-state index contributed by atoms with van der Waals surface area (Å²) in [6.07, 6.45) is 1.71. The largest absolute Gasteiger partial charge is 0.496 e. The normalized spacial score (nSPS) is 17.1. The number of para-hydroxylation sites is 2. The van der Waals surface area contributed by atoms with E-state index in [1.165, 1.54) is 0 Å². The summed E-state index contributed by atoms with van der Waals surface area (Å²) in [6.45, 7) is 4.12. The fraction of sp³-hybridized carbons (Fsp3) is 0.273. The molecule has 1 aromatic heterocycles. The molecule has 5 nitrogen and oxygen atoms in total. The predicted molar refractivity (Wildman–Crippen MR) is 106 cm³/mol. The lowest BCUT2D eigenvalue weighted by Crippen LogP contribution is -2.49. The highest BCUT2D eigenvalue weighted by molar-refractivity contribution is 6.00. The number of amides is 1. The molecule has 0 saturated carbocycles. The number of fused-ring (bicyclic) bond motifs is 1. The van der Waals surface area contributed by atoms with E-state index in [1.807, 2.05) is 60.4 Å². The lowest BCUT2D eigenvalue weighted by molar-refractivity contribution is 0.0630. The second-order valence-electron chi connectivity index (χ2n) is 6.77. The van der Waals surface area contributed by atoms with Gasteiger partial charge in [0.15, 0.2) is 0 Å². The van der Waals surface area contributed by atoms with Crippen molar-refractivity contribution in [2.45, 2.75) is 13.0 Å². The van der Waals surface area contributed by atoms with Crippen molar-refractivity contribution in [2.24, 2.45) is 0 Å². The van der Waals surface area contributed by atoms with Gasteiger partial charge in [-0.1, -0.05) is 36.4 Å². The van der Waals surface area contributed by atoms with Crippen LogP contribution < -0.4 is 10.1 Å². The smallest absolute Gasteiger partial charge is 0.256 e. The van der Waals surface area contributed by atoms with Gasteiger partial charge in [0.05, 0.1) is 24.2 Å². The summed E-state index contributed by atoms with van der Waals surface area (Å²) < 4.78 is 5.54. The molecule has 27 heavy (non-hydrogen) atoms. The SMILES string of the molecule is COc1ccccc1C1CNCCN1C(=O)c1cnc2ccccc2c1C. The summed E-state index contributed by atoms with van der Waals surface area (Å²) in [6, 6.07) is 15.8. The zero-order valence-electron chi connectivity index (χ0n) is 15.6. The molecule has 1 atom stereocenters. The first-order chi connectivity index (χ1) is 13.2. The summed E-state index contributed by atoms with van der Waals surface area (Å²) >= 11 is 0. The number of hydrogen-bond acceptors (Lipinski definition) is 4. The predicted octanol–water partition coefficient (Wildman–Crippen LogP) is 3.34. The van der Waals surface area contributed by atoms with Gasteiger partial charge in [-0.15, -0.1) is 0 Å². The molecule has 1 saturated heterocycles. The van der Waals surface area contributed by atoms with E-state index in [-0.39, 0.29) is 11.9 Å². The highest BCUT2D eigenvalue weighted by Crippen LogP contribution is 2.32. The van der Waals surface area contributed by atoms with Gasteiger partial charge in [0.1, 0.15) is 5.75 Å². The first kappa shape index (κ1) is 17.5. The van der Waals surface area contributed by atoms with Crippen LogP contribution in [0, 0.1) is 6.92 Å². The maximum absolute atomic E-state index is 13.5. The third-order valence-corrected chi connectivity index (χ3v) is 5.28. The van der Waals surface area contributed by atoms with E-state index in [0.717, 1.165) is 34.3 Å². The van der Waals surface area contributed by atoms with E-state index < -0.39 is 0 Å². The summed E-state index contributed by atoms with van der Waals surface area (Å²) in [5, 5.41) is 4.42. The van der Waals surface area contributed by atoms with Crippen molar-refractivity contribution in [3.63, 3.8) is 0 Å². The van der Waals surface area contributed by atoms with Gasteiger partial charge >= 0.3 is 0 Å². The minimum Gasteiger partial charge on any atom is -0.496 e. The van der Waals surface area contributed by atoms with E-state index in [9.17, 15) is 4.79 Å². The van der Waals surface area contributed by atoms with Crippen LogP contribution in [0.4, 0.5) is 0 Å². The highest BCUT2D eigenvalue weighted by Gasteiger charge is 2.31. The third-order valence-electron chi connectivity index (χ3n) is 5.28. The molecule has 1 aliphatic rings. The van der Waals surface area contributed by atoms with Crippen LogP contribution in [0.3, 0.4) is 0 Å². The summed E-state index contributed by atoms with van der Waals surface area (Å²) in [5.41, 5.74) is 3.57. The molecule has 4 rings (SSSR count). The van der Waals surface area contributed by atoms with Gasteiger partial charge in [0, 0.05) is 36.8 Å². The van der Waals surface area contributed by atoms with Crippen LogP contribution in [0.15, 0.2) is 54.7 Å². The minimum absolute atomic E-state index is 0.0168. The number of nitrogens with zero attached hydrogens (tertiary/aromatic N) is 2. The Labute approximate surface area is 159 Å². The monoisotopic (exact) mass is 361 g/mol. The first-order valence-electron chi connectivity index (χ1n) is 9.19. The van der Waals surface area contributed by atoms with Crippen molar-refractivity contribution in [1.29, 1.82) is 0 Å². The topological polar surface area (TPSA) is 54.5 Å². The molecule has 1 aliphatic heterocycles. The number of carbonyl (C=O) groups excluding carboxylic acids is 1. The van der Waals surface area contributed by atoms with Crippen LogP contribution in [-0.2, 0) is 0 Å². The summed E-state index contributed by atoms with van der Waals surface area (Å²) in [5.74, 6) is 0.820. The number of aromatic nitrogens is 1. The molecule has 1 unspecified atom stereocenters. The molecule has 5 heteroatoms. The zero-order valence-corrected chi connectivity index (χ0v) is 15.6. The van der Waals surface area contributed by atoms with Crippen LogP contribution >= 0.6 is 0 Å².